The van der Waals surface area contributed by atoms with E-state index in [2.05, 4.69) is 21.0 Å². The Morgan fingerprint density at radius 2 is 1.88 bits per heavy atom. The Morgan fingerprint density at radius 1 is 1.25 bits per heavy atom. The van der Waals surface area contributed by atoms with Crippen molar-refractivity contribution < 1.29 is 8.78 Å². The van der Waals surface area contributed by atoms with Crippen molar-refractivity contribution in [2.24, 2.45) is 0 Å². The lowest BCUT2D eigenvalue weighted by Gasteiger charge is -2.01. The van der Waals surface area contributed by atoms with E-state index in [1.807, 2.05) is 6.92 Å². The lowest BCUT2D eigenvalue weighted by Crippen LogP contribution is -1.96. The number of rotatable bonds is 2. The first-order valence-electron chi connectivity index (χ1n) is 4.67. The number of benzene rings is 1. The molecular formula is C11H9BrF2N2. The Hall–Kier alpha value is -1.23. The number of aromatic nitrogens is 2. The minimum Gasteiger partial charge on any atom is -0.240 e. The van der Waals surface area contributed by atoms with Gasteiger partial charge < -0.3 is 0 Å². The zero-order chi connectivity index (χ0) is 11.7. The monoisotopic (exact) mass is 286 g/mol. The van der Waals surface area contributed by atoms with Gasteiger partial charge >= 0.3 is 0 Å². The molecule has 84 valence electrons. The van der Waals surface area contributed by atoms with Crippen molar-refractivity contribution in [3.8, 4) is 5.69 Å². The first-order chi connectivity index (χ1) is 7.60. The summed E-state index contributed by atoms with van der Waals surface area (Å²) in [7, 11) is 0. The molecule has 16 heavy (non-hydrogen) atoms. The van der Waals surface area contributed by atoms with Gasteiger partial charge in [-0.3, -0.25) is 0 Å². The molecule has 0 saturated heterocycles. The average molecular weight is 287 g/mol. The van der Waals surface area contributed by atoms with Crippen LogP contribution >= 0.6 is 15.9 Å². The predicted octanol–water partition coefficient (Wildman–Crippen LogP) is 3.35. The maximum atomic E-state index is 13.0. The van der Waals surface area contributed by atoms with Gasteiger partial charge in [0.2, 0.25) is 0 Å². The van der Waals surface area contributed by atoms with Gasteiger partial charge in [-0.15, -0.1) is 0 Å². The summed E-state index contributed by atoms with van der Waals surface area (Å²) in [6.07, 6.45) is 1.75. The third-order valence-electron chi connectivity index (χ3n) is 2.26. The maximum Gasteiger partial charge on any atom is 0.128 e. The topological polar surface area (TPSA) is 17.8 Å². The Kier molecular flexibility index (Phi) is 3.05. The van der Waals surface area contributed by atoms with Crippen LogP contribution in [0, 0.1) is 18.6 Å². The van der Waals surface area contributed by atoms with E-state index in [0.717, 1.165) is 17.3 Å². The van der Waals surface area contributed by atoms with E-state index in [1.165, 1.54) is 16.8 Å². The van der Waals surface area contributed by atoms with Crippen LogP contribution < -0.4 is 0 Å². The number of alkyl halides is 1. The maximum absolute atomic E-state index is 13.0. The number of hydrogen-bond donors (Lipinski definition) is 0. The Bertz CT molecular complexity index is 502. The molecule has 1 aromatic carbocycles. The average Bonchev–Trinajstić information content (AvgIpc) is 2.58. The van der Waals surface area contributed by atoms with Crippen LogP contribution in [-0.4, -0.2) is 9.78 Å². The standard InChI is InChI=1S/C11H9BrF2N2/c1-7-8(5-12)6-16(15-7)11-3-9(13)2-10(14)4-11/h2-4,6H,5H2,1H3. The van der Waals surface area contributed by atoms with Crippen molar-refractivity contribution in [2.45, 2.75) is 12.3 Å². The molecule has 0 bridgehead atoms. The lowest BCUT2D eigenvalue weighted by atomic mass is 10.3. The van der Waals surface area contributed by atoms with Gasteiger partial charge in [0.15, 0.2) is 0 Å². The van der Waals surface area contributed by atoms with Crippen molar-refractivity contribution in [3.63, 3.8) is 0 Å². The van der Waals surface area contributed by atoms with Crippen LogP contribution in [0.4, 0.5) is 8.78 Å². The molecule has 0 aliphatic rings. The second-order valence-electron chi connectivity index (χ2n) is 3.45. The quantitative estimate of drug-likeness (QED) is 0.774. The molecule has 0 unspecified atom stereocenters. The smallest absolute Gasteiger partial charge is 0.128 e. The summed E-state index contributed by atoms with van der Waals surface area (Å²) in [6, 6.07) is 3.33. The number of nitrogens with zero attached hydrogens (tertiary/aromatic N) is 2. The molecule has 0 fully saturated rings. The fourth-order valence-electron chi connectivity index (χ4n) is 1.43. The summed E-state index contributed by atoms with van der Waals surface area (Å²) in [6.45, 7) is 1.85. The van der Waals surface area contributed by atoms with Crippen LogP contribution in [0.15, 0.2) is 24.4 Å². The normalized spacial score (nSPS) is 10.8. The van der Waals surface area contributed by atoms with Crippen molar-refractivity contribution in [1.29, 1.82) is 0 Å². The molecule has 0 spiro atoms. The fraction of sp³-hybridized carbons (Fsp3) is 0.182. The highest BCUT2D eigenvalue weighted by Crippen LogP contribution is 2.16. The van der Waals surface area contributed by atoms with Gasteiger partial charge in [-0.05, 0) is 19.1 Å². The fourth-order valence-corrected chi connectivity index (χ4v) is 1.98. The second kappa shape index (κ2) is 4.33. The summed E-state index contributed by atoms with van der Waals surface area (Å²) in [5.74, 6) is -1.22. The van der Waals surface area contributed by atoms with E-state index in [4.69, 9.17) is 0 Å². The zero-order valence-electron chi connectivity index (χ0n) is 8.54. The highest BCUT2D eigenvalue weighted by Gasteiger charge is 2.07. The van der Waals surface area contributed by atoms with E-state index in [0.29, 0.717) is 11.0 Å². The van der Waals surface area contributed by atoms with E-state index >= 15 is 0 Å². The zero-order valence-corrected chi connectivity index (χ0v) is 10.1. The summed E-state index contributed by atoms with van der Waals surface area (Å²) >= 11 is 3.32. The first kappa shape index (κ1) is 11.3. The summed E-state index contributed by atoms with van der Waals surface area (Å²) in [4.78, 5) is 0. The largest absolute Gasteiger partial charge is 0.240 e. The molecule has 1 aromatic heterocycles. The molecule has 0 saturated carbocycles. The van der Waals surface area contributed by atoms with E-state index < -0.39 is 11.6 Å². The summed E-state index contributed by atoms with van der Waals surface area (Å²) in [5.41, 5.74) is 2.21. The van der Waals surface area contributed by atoms with Crippen LogP contribution in [0.25, 0.3) is 5.69 Å². The van der Waals surface area contributed by atoms with E-state index in [-0.39, 0.29) is 0 Å². The molecule has 1 heterocycles. The molecule has 0 amide bonds. The van der Waals surface area contributed by atoms with E-state index in [9.17, 15) is 8.78 Å². The van der Waals surface area contributed by atoms with Gasteiger partial charge in [0.05, 0.1) is 11.4 Å². The van der Waals surface area contributed by atoms with Crippen molar-refractivity contribution >= 4 is 15.9 Å². The lowest BCUT2D eigenvalue weighted by molar-refractivity contribution is 0.580. The van der Waals surface area contributed by atoms with Gasteiger partial charge in [-0.25, -0.2) is 13.5 Å². The van der Waals surface area contributed by atoms with Crippen molar-refractivity contribution in [3.05, 3.63) is 47.3 Å². The van der Waals surface area contributed by atoms with Crippen LogP contribution in [-0.2, 0) is 5.33 Å². The molecule has 2 aromatic rings. The van der Waals surface area contributed by atoms with Crippen molar-refractivity contribution in [2.75, 3.05) is 0 Å². The Labute approximate surface area is 100 Å². The molecule has 0 N–H and O–H groups in total. The summed E-state index contributed by atoms with van der Waals surface area (Å²) < 4.78 is 27.5. The van der Waals surface area contributed by atoms with Gasteiger partial charge in [0.1, 0.15) is 11.6 Å². The molecular weight excluding hydrogens is 278 g/mol. The van der Waals surface area contributed by atoms with Crippen LogP contribution in [0.2, 0.25) is 0 Å². The second-order valence-corrected chi connectivity index (χ2v) is 4.01. The van der Waals surface area contributed by atoms with Crippen LogP contribution in [0.3, 0.4) is 0 Å². The van der Waals surface area contributed by atoms with Gasteiger partial charge in [0, 0.05) is 23.2 Å². The number of hydrogen-bond acceptors (Lipinski definition) is 1. The molecule has 0 radical (unpaired) electrons. The molecule has 5 heteroatoms. The number of halogens is 3. The first-order valence-corrected chi connectivity index (χ1v) is 5.80. The predicted molar refractivity (Wildman–Crippen MR) is 60.8 cm³/mol. The molecule has 0 aliphatic heterocycles. The highest BCUT2D eigenvalue weighted by atomic mass is 79.9. The molecule has 2 nitrogen and oxygen atoms in total. The van der Waals surface area contributed by atoms with Crippen LogP contribution in [0.1, 0.15) is 11.3 Å². The minimum absolute atomic E-state index is 0.382. The number of aryl methyl sites for hydroxylation is 1. The molecule has 0 aliphatic carbocycles. The van der Waals surface area contributed by atoms with Gasteiger partial charge in [-0.1, -0.05) is 15.9 Å². The van der Waals surface area contributed by atoms with Gasteiger partial charge in [-0.2, -0.15) is 5.10 Å². The van der Waals surface area contributed by atoms with Crippen LogP contribution in [0.5, 0.6) is 0 Å². The van der Waals surface area contributed by atoms with Crippen molar-refractivity contribution in [1.82, 2.24) is 9.78 Å². The minimum atomic E-state index is -0.608. The molecule has 0 atom stereocenters. The van der Waals surface area contributed by atoms with E-state index in [1.54, 1.807) is 6.20 Å². The SMILES string of the molecule is Cc1nn(-c2cc(F)cc(F)c2)cc1CBr. The molecule has 2 rings (SSSR count). The summed E-state index contributed by atoms with van der Waals surface area (Å²) in [5, 5.41) is 4.85. The Morgan fingerprint density at radius 3 is 2.38 bits per heavy atom. The third kappa shape index (κ3) is 2.14. The Balaban J connectivity index is 2.49. The highest BCUT2D eigenvalue weighted by molar-refractivity contribution is 9.08. The third-order valence-corrected chi connectivity index (χ3v) is 2.86. The van der Waals surface area contributed by atoms with Gasteiger partial charge in [0.25, 0.3) is 0 Å².